The molecule has 0 aliphatic heterocycles. The van der Waals surface area contributed by atoms with Crippen molar-refractivity contribution in [3.63, 3.8) is 0 Å². The van der Waals surface area contributed by atoms with Crippen LogP contribution in [0.2, 0.25) is 0 Å². The third-order valence-electron chi connectivity index (χ3n) is 2.63. The van der Waals surface area contributed by atoms with Crippen molar-refractivity contribution in [2.45, 2.75) is 40.0 Å². The van der Waals surface area contributed by atoms with Gasteiger partial charge in [0.25, 0.3) is 0 Å². The highest BCUT2D eigenvalue weighted by atomic mass is 16.7. The van der Waals surface area contributed by atoms with E-state index < -0.39 is 0 Å². The van der Waals surface area contributed by atoms with Crippen molar-refractivity contribution in [2.24, 2.45) is 0 Å². The van der Waals surface area contributed by atoms with Crippen LogP contribution in [-0.4, -0.2) is 20.5 Å². The van der Waals surface area contributed by atoms with Crippen molar-refractivity contribution >= 4 is 0 Å². The zero-order chi connectivity index (χ0) is 13.8. The summed E-state index contributed by atoms with van der Waals surface area (Å²) in [4.78, 5) is 0. The molecule has 102 valence electrons. The average Bonchev–Trinajstić information content (AvgIpc) is 2.26. The maximum atomic E-state index is 5.70. The fourth-order valence-electron chi connectivity index (χ4n) is 1.83. The van der Waals surface area contributed by atoms with Gasteiger partial charge in [0, 0.05) is 12.7 Å². The largest absolute Gasteiger partial charge is 0.490 e. The van der Waals surface area contributed by atoms with Crippen LogP contribution < -0.4 is 9.47 Å². The number of ether oxygens (including phenoxy) is 3. The van der Waals surface area contributed by atoms with E-state index in [1.54, 1.807) is 7.11 Å². The lowest BCUT2D eigenvalue weighted by Gasteiger charge is -2.25. The van der Waals surface area contributed by atoms with Crippen LogP contribution in [0.4, 0.5) is 0 Å². The molecule has 0 amide bonds. The first kappa shape index (κ1) is 14.8. The second-order valence-electron chi connectivity index (χ2n) is 5.37. The van der Waals surface area contributed by atoms with E-state index >= 15 is 0 Å². The van der Waals surface area contributed by atoms with Crippen molar-refractivity contribution in [3.05, 3.63) is 23.3 Å². The molecule has 0 radical (unpaired) electrons. The van der Waals surface area contributed by atoms with Crippen molar-refractivity contribution in [1.82, 2.24) is 0 Å². The Morgan fingerprint density at radius 1 is 1.11 bits per heavy atom. The summed E-state index contributed by atoms with van der Waals surface area (Å²) in [7, 11) is 1.62. The molecule has 0 unspecified atom stereocenters. The monoisotopic (exact) mass is 252 g/mol. The minimum atomic E-state index is 0.000939. The van der Waals surface area contributed by atoms with Crippen LogP contribution in [0.5, 0.6) is 11.5 Å². The molecule has 1 aromatic rings. The van der Waals surface area contributed by atoms with E-state index in [2.05, 4.69) is 33.8 Å². The van der Waals surface area contributed by atoms with Crippen LogP contribution in [0.15, 0.2) is 12.1 Å². The van der Waals surface area contributed by atoms with Crippen LogP contribution in [0.25, 0.3) is 0 Å². The van der Waals surface area contributed by atoms with Gasteiger partial charge in [0.05, 0.1) is 6.61 Å². The van der Waals surface area contributed by atoms with E-state index in [0.29, 0.717) is 6.61 Å². The predicted octanol–water partition coefficient (Wildman–Crippen LogP) is 3.67. The molecule has 3 heteroatoms. The number of benzene rings is 1. The maximum absolute atomic E-state index is 5.70. The smallest absolute Gasteiger partial charge is 0.188 e. The summed E-state index contributed by atoms with van der Waals surface area (Å²) in [6.45, 7) is 11.4. The Morgan fingerprint density at radius 2 is 1.78 bits per heavy atom. The molecule has 0 atom stereocenters. The third kappa shape index (κ3) is 3.64. The normalized spacial score (nSPS) is 11.4. The van der Waals surface area contributed by atoms with Gasteiger partial charge in [-0.25, -0.2) is 0 Å². The minimum Gasteiger partial charge on any atom is -0.490 e. The van der Waals surface area contributed by atoms with Gasteiger partial charge < -0.3 is 14.2 Å². The van der Waals surface area contributed by atoms with Crippen LogP contribution >= 0.6 is 0 Å². The lowest BCUT2D eigenvalue weighted by molar-refractivity contribution is 0.0473. The zero-order valence-corrected chi connectivity index (χ0v) is 12.3. The van der Waals surface area contributed by atoms with Gasteiger partial charge in [0.15, 0.2) is 18.3 Å². The number of hydrogen-bond acceptors (Lipinski definition) is 3. The van der Waals surface area contributed by atoms with Gasteiger partial charge in [-0.05, 0) is 30.9 Å². The molecule has 0 N–H and O–H groups in total. The third-order valence-corrected chi connectivity index (χ3v) is 2.63. The second kappa shape index (κ2) is 6.10. The molecule has 0 bridgehead atoms. The Labute approximate surface area is 110 Å². The Balaban J connectivity index is 3.28. The topological polar surface area (TPSA) is 27.7 Å². The molecule has 18 heavy (non-hydrogen) atoms. The maximum Gasteiger partial charge on any atom is 0.188 e. The first-order valence-electron chi connectivity index (χ1n) is 6.29. The summed E-state index contributed by atoms with van der Waals surface area (Å²) >= 11 is 0. The van der Waals surface area contributed by atoms with Crippen LogP contribution in [-0.2, 0) is 10.2 Å². The molecule has 0 spiro atoms. The first-order chi connectivity index (χ1) is 8.40. The lowest BCUT2D eigenvalue weighted by atomic mass is 9.85. The number of rotatable bonds is 5. The highest BCUT2D eigenvalue weighted by molar-refractivity contribution is 5.52. The molecule has 3 nitrogen and oxygen atoms in total. The molecule has 0 saturated carbocycles. The summed E-state index contributed by atoms with van der Waals surface area (Å²) in [6.07, 6.45) is 0. The minimum absolute atomic E-state index is 0.000939. The Hall–Kier alpha value is -1.22. The quantitative estimate of drug-likeness (QED) is 0.748. The Morgan fingerprint density at radius 3 is 2.28 bits per heavy atom. The molecular weight excluding hydrogens is 228 g/mol. The van der Waals surface area contributed by atoms with Gasteiger partial charge in [0.1, 0.15) is 0 Å². The van der Waals surface area contributed by atoms with E-state index in [9.17, 15) is 0 Å². The molecule has 1 aromatic carbocycles. The highest BCUT2D eigenvalue weighted by Crippen LogP contribution is 2.39. The van der Waals surface area contributed by atoms with Gasteiger partial charge in [-0.3, -0.25) is 0 Å². The molecule has 0 saturated heterocycles. The molecule has 0 fully saturated rings. The van der Waals surface area contributed by atoms with Crippen molar-refractivity contribution in [1.29, 1.82) is 0 Å². The zero-order valence-electron chi connectivity index (χ0n) is 12.3. The van der Waals surface area contributed by atoms with E-state index in [1.165, 1.54) is 5.56 Å². The van der Waals surface area contributed by atoms with Gasteiger partial charge in [-0.1, -0.05) is 26.8 Å². The predicted molar refractivity (Wildman–Crippen MR) is 73.6 cm³/mol. The van der Waals surface area contributed by atoms with Gasteiger partial charge >= 0.3 is 0 Å². The van der Waals surface area contributed by atoms with E-state index in [1.807, 2.05) is 13.0 Å². The number of hydrogen-bond donors (Lipinski definition) is 0. The summed E-state index contributed by atoms with van der Waals surface area (Å²) in [5.41, 5.74) is 2.32. The van der Waals surface area contributed by atoms with Gasteiger partial charge in [-0.15, -0.1) is 0 Å². The van der Waals surface area contributed by atoms with Crippen LogP contribution in [0.1, 0.15) is 38.8 Å². The SMILES string of the molecule is CCOc1cc(C)cc(C(C)(C)C)c1OCOC. The average molecular weight is 252 g/mol. The standard InChI is InChI=1S/C15H24O3/c1-7-17-13-9-11(2)8-12(15(3,4)5)14(13)18-10-16-6/h8-9H,7,10H2,1-6H3. The molecule has 0 aromatic heterocycles. The van der Waals surface area contributed by atoms with Crippen LogP contribution in [0.3, 0.4) is 0 Å². The number of aryl methyl sites for hydroxylation is 1. The van der Waals surface area contributed by atoms with Crippen molar-refractivity contribution < 1.29 is 14.2 Å². The van der Waals surface area contributed by atoms with Crippen LogP contribution in [0, 0.1) is 6.92 Å². The van der Waals surface area contributed by atoms with E-state index in [0.717, 1.165) is 17.1 Å². The van der Waals surface area contributed by atoms with Crippen molar-refractivity contribution in [3.8, 4) is 11.5 Å². The second-order valence-corrected chi connectivity index (χ2v) is 5.37. The summed E-state index contributed by atoms with van der Waals surface area (Å²) < 4.78 is 16.4. The summed E-state index contributed by atoms with van der Waals surface area (Å²) in [5.74, 6) is 1.58. The molecule has 0 aliphatic carbocycles. The molecule has 1 rings (SSSR count). The van der Waals surface area contributed by atoms with E-state index in [-0.39, 0.29) is 12.2 Å². The Bertz CT molecular complexity index is 391. The molecule has 0 heterocycles. The molecular formula is C15H24O3. The highest BCUT2D eigenvalue weighted by Gasteiger charge is 2.23. The van der Waals surface area contributed by atoms with Gasteiger partial charge in [0.2, 0.25) is 0 Å². The fourth-order valence-corrected chi connectivity index (χ4v) is 1.83. The summed E-state index contributed by atoms with van der Waals surface area (Å²) in [5, 5.41) is 0. The number of methoxy groups -OCH3 is 1. The Kier molecular flexibility index (Phi) is 5.03. The fraction of sp³-hybridized carbons (Fsp3) is 0.600. The first-order valence-corrected chi connectivity index (χ1v) is 6.29. The molecule has 0 aliphatic rings. The lowest BCUT2D eigenvalue weighted by Crippen LogP contribution is -2.15. The van der Waals surface area contributed by atoms with Crippen molar-refractivity contribution in [2.75, 3.05) is 20.5 Å². The van der Waals surface area contributed by atoms with Gasteiger partial charge in [-0.2, -0.15) is 0 Å². The summed E-state index contributed by atoms with van der Waals surface area (Å²) in [6, 6.07) is 4.15. The van der Waals surface area contributed by atoms with E-state index in [4.69, 9.17) is 14.2 Å².